The Kier molecular flexibility index (Phi) is 6.26. The maximum absolute atomic E-state index is 12.1. The van der Waals surface area contributed by atoms with Crippen molar-refractivity contribution < 1.29 is 14.3 Å². The molecule has 0 amide bonds. The number of esters is 1. The van der Waals surface area contributed by atoms with Crippen LogP contribution in [0.5, 0.6) is 0 Å². The van der Waals surface area contributed by atoms with E-state index in [9.17, 15) is 4.79 Å². The van der Waals surface area contributed by atoms with E-state index in [-0.39, 0.29) is 11.9 Å². The van der Waals surface area contributed by atoms with Gasteiger partial charge in [-0.15, -0.1) is 0 Å². The number of morpholine rings is 1. The summed E-state index contributed by atoms with van der Waals surface area (Å²) < 4.78 is 10.4. The Morgan fingerprint density at radius 3 is 2.40 bits per heavy atom. The fraction of sp³-hybridized carbons (Fsp3) is 0.933. The van der Waals surface area contributed by atoms with Gasteiger partial charge in [0.05, 0.1) is 26.2 Å². The molecule has 0 N–H and O–H groups in total. The quantitative estimate of drug-likeness (QED) is 0.700. The van der Waals surface area contributed by atoms with Crippen LogP contribution < -0.4 is 0 Å². The predicted molar refractivity (Wildman–Crippen MR) is 77.6 cm³/mol. The minimum Gasteiger partial charge on any atom is -0.469 e. The first kappa shape index (κ1) is 15.7. The van der Waals surface area contributed by atoms with E-state index in [4.69, 9.17) is 9.47 Å². The lowest BCUT2D eigenvalue weighted by molar-refractivity contribution is -0.149. The molecule has 1 atom stereocenters. The topological polar surface area (TPSA) is 42.0 Å². The molecule has 2 aliphatic heterocycles. The molecule has 2 fully saturated rings. The second-order valence-corrected chi connectivity index (χ2v) is 5.81. The predicted octanol–water partition coefficient (Wildman–Crippen LogP) is 0.840. The molecule has 2 heterocycles. The van der Waals surface area contributed by atoms with Crippen molar-refractivity contribution in [1.82, 2.24) is 9.80 Å². The van der Waals surface area contributed by atoms with Gasteiger partial charge in [0.15, 0.2) is 0 Å². The summed E-state index contributed by atoms with van der Waals surface area (Å²) in [7, 11) is 1.51. The van der Waals surface area contributed by atoms with Crippen LogP contribution in [-0.2, 0) is 14.3 Å². The summed E-state index contributed by atoms with van der Waals surface area (Å²) in [6, 6.07) is 0. The van der Waals surface area contributed by atoms with Crippen molar-refractivity contribution in [2.75, 3.05) is 59.6 Å². The number of likely N-dealkylation sites (tertiary alicyclic amines) is 1. The van der Waals surface area contributed by atoms with Crippen LogP contribution >= 0.6 is 0 Å². The zero-order valence-electron chi connectivity index (χ0n) is 12.8. The minimum atomic E-state index is -0.0357. The van der Waals surface area contributed by atoms with Crippen molar-refractivity contribution in [3.8, 4) is 0 Å². The van der Waals surface area contributed by atoms with Crippen LogP contribution in [-0.4, -0.2) is 75.4 Å². The van der Waals surface area contributed by atoms with Crippen LogP contribution in [0.1, 0.15) is 19.8 Å². The molecule has 2 rings (SSSR count). The summed E-state index contributed by atoms with van der Waals surface area (Å²) in [6.07, 6.45) is 2.22. The molecule has 0 saturated carbocycles. The van der Waals surface area contributed by atoms with Gasteiger partial charge in [-0.1, -0.05) is 6.92 Å². The number of methoxy groups -OCH3 is 1. The number of ether oxygens (including phenoxy) is 2. The van der Waals surface area contributed by atoms with E-state index in [1.807, 2.05) is 0 Å². The molecule has 5 heteroatoms. The SMILES string of the molecule is CCN1CCC(C(CN2CCOCC2)C(=O)OC)CC1. The lowest BCUT2D eigenvalue weighted by atomic mass is 9.83. The maximum Gasteiger partial charge on any atom is 0.310 e. The van der Waals surface area contributed by atoms with Crippen LogP contribution in [0.25, 0.3) is 0 Å². The van der Waals surface area contributed by atoms with Gasteiger partial charge in [-0.2, -0.15) is 0 Å². The number of piperidine rings is 1. The molecule has 116 valence electrons. The van der Waals surface area contributed by atoms with Gasteiger partial charge in [-0.25, -0.2) is 0 Å². The lowest BCUT2D eigenvalue weighted by Gasteiger charge is -2.37. The summed E-state index contributed by atoms with van der Waals surface area (Å²) in [5.41, 5.74) is 0. The largest absolute Gasteiger partial charge is 0.469 e. The number of nitrogens with zero attached hydrogens (tertiary/aromatic N) is 2. The van der Waals surface area contributed by atoms with Gasteiger partial charge >= 0.3 is 5.97 Å². The van der Waals surface area contributed by atoms with Crippen LogP contribution in [0.3, 0.4) is 0 Å². The van der Waals surface area contributed by atoms with Gasteiger partial charge in [0.2, 0.25) is 0 Å². The van der Waals surface area contributed by atoms with E-state index >= 15 is 0 Å². The average molecular weight is 284 g/mol. The fourth-order valence-electron chi connectivity index (χ4n) is 3.30. The molecule has 0 aromatic heterocycles. The van der Waals surface area contributed by atoms with Gasteiger partial charge in [0, 0.05) is 19.6 Å². The summed E-state index contributed by atoms with van der Waals surface area (Å²) >= 11 is 0. The van der Waals surface area contributed by atoms with E-state index < -0.39 is 0 Å². The summed E-state index contributed by atoms with van der Waals surface area (Å²) in [5, 5.41) is 0. The Morgan fingerprint density at radius 1 is 1.20 bits per heavy atom. The van der Waals surface area contributed by atoms with Crippen molar-refractivity contribution in [2.45, 2.75) is 19.8 Å². The van der Waals surface area contributed by atoms with E-state index in [0.717, 1.165) is 65.3 Å². The van der Waals surface area contributed by atoms with Gasteiger partial charge in [0.25, 0.3) is 0 Å². The average Bonchev–Trinajstić information content (AvgIpc) is 2.53. The Balaban J connectivity index is 1.91. The normalized spacial score (nSPS) is 24.5. The highest BCUT2D eigenvalue weighted by molar-refractivity contribution is 5.73. The molecule has 0 aliphatic carbocycles. The highest BCUT2D eigenvalue weighted by Crippen LogP contribution is 2.27. The first-order chi connectivity index (χ1) is 9.74. The minimum absolute atomic E-state index is 0.0251. The van der Waals surface area contributed by atoms with Gasteiger partial charge < -0.3 is 14.4 Å². The van der Waals surface area contributed by atoms with Crippen molar-refractivity contribution in [2.24, 2.45) is 11.8 Å². The molecular weight excluding hydrogens is 256 g/mol. The summed E-state index contributed by atoms with van der Waals surface area (Å²) in [6.45, 7) is 9.78. The van der Waals surface area contributed by atoms with Crippen LogP contribution in [0.2, 0.25) is 0 Å². The molecule has 2 saturated heterocycles. The molecule has 0 aromatic carbocycles. The first-order valence-electron chi connectivity index (χ1n) is 7.85. The number of hydrogen-bond donors (Lipinski definition) is 0. The zero-order valence-corrected chi connectivity index (χ0v) is 12.8. The van der Waals surface area contributed by atoms with E-state index in [0.29, 0.717) is 5.92 Å². The molecule has 0 aromatic rings. The van der Waals surface area contributed by atoms with Gasteiger partial charge in [-0.3, -0.25) is 9.69 Å². The molecule has 20 heavy (non-hydrogen) atoms. The lowest BCUT2D eigenvalue weighted by Crippen LogP contribution is -2.45. The van der Waals surface area contributed by atoms with Crippen LogP contribution in [0, 0.1) is 11.8 Å². The van der Waals surface area contributed by atoms with Gasteiger partial charge in [-0.05, 0) is 38.4 Å². The standard InChI is InChI=1S/C15H28N2O3/c1-3-16-6-4-13(5-7-16)14(15(18)19-2)12-17-8-10-20-11-9-17/h13-14H,3-12H2,1-2H3. The monoisotopic (exact) mass is 284 g/mol. The third-order valence-electron chi connectivity index (χ3n) is 4.71. The van der Waals surface area contributed by atoms with Crippen molar-refractivity contribution in [3.63, 3.8) is 0 Å². The number of carbonyl (C=O) groups excluding carboxylic acids is 1. The second kappa shape index (κ2) is 7.96. The van der Waals surface area contributed by atoms with Gasteiger partial charge in [0.1, 0.15) is 0 Å². The highest BCUT2D eigenvalue weighted by atomic mass is 16.5. The maximum atomic E-state index is 12.1. The van der Waals surface area contributed by atoms with E-state index in [1.54, 1.807) is 0 Å². The Labute approximate surface area is 122 Å². The number of carbonyl (C=O) groups is 1. The Hall–Kier alpha value is -0.650. The Bertz CT molecular complexity index is 297. The van der Waals surface area contributed by atoms with Crippen LogP contribution in [0.15, 0.2) is 0 Å². The second-order valence-electron chi connectivity index (χ2n) is 5.81. The molecule has 1 unspecified atom stereocenters. The smallest absolute Gasteiger partial charge is 0.310 e. The third-order valence-corrected chi connectivity index (χ3v) is 4.71. The fourth-order valence-corrected chi connectivity index (χ4v) is 3.30. The highest BCUT2D eigenvalue weighted by Gasteiger charge is 2.33. The molecule has 0 bridgehead atoms. The number of hydrogen-bond acceptors (Lipinski definition) is 5. The molecule has 5 nitrogen and oxygen atoms in total. The Morgan fingerprint density at radius 2 is 1.85 bits per heavy atom. The number of rotatable bonds is 5. The van der Waals surface area contributed by atoms with E-state index in [1.165, 1.54) is 7.11 Å². The van der Waals surface area contributed by atoms with Crippen molar-refractivity contribution in [3.05, 3.63) is 0 Å². The van der Waals surface area contributed by atoms with E-state index in [2.05, 4.69) is 16.7 Å². The molecular formula is C15H28N2O3. The van der Waals surface area contributed by atoms with Crippen LogP contribution in [0.4, 0.5) is 0 Å². The summed E-state index contributed by atoms with van der Waals surface area (Å²) in [5.74, 6) is 0.455. The molecule has 0 spiro atoms. The summed E-state index contributed by atoms with van der Waals surface area (Å²) in [4.78, 5) is 16.9. The first-order valence-corrected chi connectivity index (χ1v) is 7.85. The molecule has 0 radical (unpaired) electrons. The zero-order chi connectivity index (χ0) is 14.4. The molecule has 2 aliphatic rings. The van der Waals surface area contributed by atoms with Crippen molar-refractivity contribution >= 4 is 5.97 Å². The third kappa shape index (κ3) is 4.17. The van der Waals surface area contributed by atoms with Crippen molar-refractivity contribution in [1.29, 1.82) is 0 Å².